The van der Waals surface area contributed by atoms with Crippen LogP contribution < -0.4 is 10.6 Å². The van der Waals surface area contributed by atoms with Crippen molar-refractivity contribution in [1.29, 1.82) is 0 Å². The molecule has 0 unspecified atom stereocenters. The van der Waals surface area contributed by atoms with E-state index in [2.05, 4.69) is 55.8 Å². The maximum atomic E-state index is 12.5. The molecule has 0 spiro atoms. The Balaban J connectivity index is 1.40. The van der Waals surface area contributed by atoms with Crippen LogP contribution in [0.3, 0.4) is 0 Å². The van der Waals surface area contributed by atoms with Gasteiger partial charge in [-0.25, -0.2) is 0 Å². The highest BCUT2D eigenvalue weighted by Gasteiger charge is 2.48. The summed E-state index contributed by atoms with van der Waals surface area (Å²) < 4.78 is 2.00. The summed E-state index contributed by atoms with van der Waals surface area (Å²) in [6.07, 6.45) is 6.82. The number of thiocarbonyl (C=S) groups is 1. The van der Waals surface area contributed by atoms with Gasteiger partial charge in [0.15, 0.2) is 5.11 Å². The van der Waals surface area contributed by atoms with E-state index in [0.29, 0.717) is 16.7 Å². The summed E-state index contributed by atoms with van der Waals surface area (Å²) >= 11 is 9.88. The summed E-state index contributed by atoms with van der Waals surface area (Å²) in [7, 11) is 0. The van der Waals surface area contributed by atoms with Gasteiger partial charge in [-0.15, -0.1) is 0 Å². The highest BCUT2D eigenvalue weighted by molar-refractivity contribution is 14.1. The molecule has 0 saturated heterocycles. The molecular formula is C18H20I2N2OS. The molecule has 0 aliphatic heterocycles. The van der Waals surface area contributed by atoms with E-state index >= 15 is 0 Å². The lowest BCUT2D eigenvalue weighted by atomic mass is 9.54. The number of amides is 1. The molecule has 24 heavy (non-hydrogen) atoms. The van der Waals surface area contributed by atoms with E-state index < -0.39 is 0 Å². The van der Waals surface area contributed by atoms with Crippen molar-refractivity contribution >= 4 is 68.4 Å². The van der Waals surface area contributed by atoms with Crippen LogP contribution in [-0.2, 0) is 0 Å². The fraction of sp³-hybridized carbons (Fsp3) is 0.556. The molecule has 4 aliphatic rings. The number of carbonyl (C=O) groups is 1. The maximum Gasteiger partial charge on any atom is 0.258 e. The molecule has 0 aromatic heterocycles. The molecular weight excluding hydrogens is 546 g/mol. The van der Waals surface area contributed by atoms with Gasteiger partial charge in [0.1, 0.15) is 0 Å². The van der Waals surface area contributed by atoms with Gasteiger partial charge in [-0.3, -0.25) is 10.1 Å². The molecule has 4 bridgehead atoms. The van der Waals surface area contributed by atoms with E-state index in [0.717, 1.165) is 30.8 Å². The summed E-state index contributed by atoms with van der Waals surface area (Å²) in [4.78, 5) is 12.5. The number of hydrogen-bond donors (Lipinski definition) is 2. The van der Waals surface area contributed by atoms with Crippen LogP contribution >= 0.6 is 57.4 Å². The topological polar surface area (TPSA) is 41.1 Å². The quantitative estimate of drug-likeness (QED) is 0.414. The van der Waals surface area contributed by atoms with Crippen molar-refractivity contribution in [2.24, 2.45) is 23.7 Å². The molecule has 0 radical (unpaired) electrons. The van der Waals surface area contributed by atoms with Gasteiger partial charge in [-0.1, -0.05) is 0 Å². The summed E-state index contributed by atoms with van der Waals surface area (Å²) in [6, 6.07) is 6.33. The van der Waals surface area contributed by atoms with E-state index in [1.54, 1.807) is 0 Å². The van der Waals surface area contributed by atoms with E-state index in [1.165, 1.54) is 32.1 Å². The molecule has 0 heterocycles. The number of hydrogen-bond acceptors (Lipinski definition) is 2. The third kappa shape index (κ3) is 3.47. The van der Waals surface area contributed by atoms with Gasteiger partial charge in [0.2, 0.25) is 0 Å². The van der Waals surface area contributed by atoms with Gasteiger partial charge >= 0.3 is 0 Å². The lowest BCUT2D eigenvalue weighted by Crippen LogP contribution is -2.57. The Morgan fingerprint density at radius 1 is 1.04 bits per heavy atom. The average Bonchev–Trinajstić information content (AvgIpc) is 2.52. The summed E-state index contributed by atoms with van der Waals surface area (Å²) in [6.45, 7) is 0. The van der Waals surface area contributed by atoms with Crippen molar-refractivity contribution in [2.45, 2.75) is 38.1 Å². The summed E-state index contributed by atoms with van der Waals surface area (Å²) in [5, 5.41) is 6.88. The van der Waals surface area contributed by atoms with Crippen LogP contribution in [0.1, 0.15) is 42.5 Å². The minimum atomic E-state index is -0.112. The van der Waals surface area contributed by atoms with Crippen molar-refractivity contribution in [3.8, 4) is 0 Å². The first-order chi connectivity index (χ1) is 11.5. The largest absolute Gasteiger partial charge is 0.359 e. The van der Waals surface area contributed by atoms with Crippen LogP contribution in [0.4, 0.5) is 0 Å². The zero-order valence-electron chi connectivity index (χ0n) is 13.2. The van der Waals surface area contributed by atoms with Crippen molar-refractivity contribution < 1.29 is 4.79 Å². The second-order valence-electron chi connectivity index (χ2n) is 7.51. The molecule has 4 aliphatic carbocycles. The molecule has 1 aromatic carbocycles. The van der Waals surface area contributed by atoms with Gasteiger partial charge in [0.05, 0.1) is 5.56 Å². The van der Waals surface area contributed by atoms with Crippen molar-refractivity contribution in [3.05, 3.63) is 30.9 Å². The second-order valence-corrected chi connectivity index (χ2v) is 10.3. The molecule has 4 fully saturated rings. The van der Waals surface area contributed by atoms with Crippen LogP contribution in [0.5, 0.6) is 0 Å². The minimum absolute atomic E-state index is 0.112. The third-order valence-corrected chi connectivity index (χ3v) is 7.76. The third-order valence-electron chi connectivity index (χ3n) is 5.92. The highest BCUT2D eigenvalue weighted by Crippen LogP contribution is 2.53. The normalized spacial score (nSPS) is 33.3. The maximum absolute atomic E-state index is 12.5. The molecule has 0 atom stereocenters. The summed E-state index contributed by atoms with van der Waals surface area (Å²) in [5.74, 6) is 3.27. The van der Waals surface area contributed by atoms with Crippen molar-refractivity contribution in [2.75, 3.05) is 0 Å². The Bertz CT molecular complexity index is 666. The van der Waals surface area contributed by atoms with Crippen molar-refractivity contribution in [1.82, 2.24) is 10.6 Å². The Morgan fingerprint density at radius 3 is 2.29 bits per heavy atom. The Kier molecular flexibility index (Phi) is 5.08. The Hall–Kier alpha value is 0.0400. The zero-order chi connectivity index (χ0) is 16.8. The number of halogens is 2. The summed E-state index contributed by atoms with van der Waals surface area (Å²) in [5.41, 5.74) is 0.691. The Labute approximate surface area is 175 Å². The molecule has 6 heteroatoms. The first kappa shape index (κ1) is 17.5. The van der Waals surface area contributed by atoms with E-state index in [4.69, 9.17) is 12.2 Å². The van der Waals surface area contributed by atoms with Gasteiger partial charge in [-0.2, -0.15) is 0 Å². The molecule has 1 aromatic rings. The van der Waals surface area contributed by atoms with Gasteiger partial charge < -0.3 is 5.32 Å². The monoisotopic (exact) mass is 566 g/mol. The van der Waals surface area contributed by atoms with E-state index in [1.807, 2.05) is 18.2 Å². The zero-order valence-corrected chi connectivity index (χ0v) is 18.4. The molecule has 5 rings (SSSR count). The number of carbonyl (C=O) groups excluding carboxylic acids is 1. The SMILES string of the molecule is O=C(NC(=S)NC1C2CC3CC(C2)CC1C3)c1cc(I)ccc1I. The second kappa shape index (κ2) is 6.98. The molecule has 4 saturated carbocycles. The fourth-order valence-corrected chi connectivity index (χ4v) is 6.49. The highest BCUT2D eigenvalue weighted by atomic mass is 127. The predicted octanol–water partition coefficient (Wildman–Crippen LogP) is 4.32. The number of rotatable bonds is 2. The van der Waals surface area contributed by atoms with Crippen LogP contribution in [-0.4, -0.2) is 17.1 Å². The van der Waals surface area contributed by atoms with Crippen LogP contribution in [0, 0.1) is 30.8 Å². The molecule has 128 valence electrons. The fourth-order valence-electron chi connectivity index (χ4n) is 5.19. The lowest BCUT2D eigenvalue weighted by molar-refractivity contribution is -0.00692. The van der Waals surface area contributed by atoms with E-state index in [9.17, 15) is 4.79 Å². The predicted molar refractivity (Wildman–Crippen MR) is 116 cm³/mol. The minimum Gasteiger partial charge on any atom is -0.359 e. The standard InChI is InChI=1S/C18H20I2N2OS/c19-13-1-2-15(20)14(8-13)17(23)22-18(24)21-16-11-4-9-3-10(6-11)7-12(16)5-9/h1-2,8-12,16H,3-7H2,(H2,21,22,23,24). The van der Waals surface area contributed by atoms with Crippen molar-refractivity contribution in [3.63, 3.8) is 0 Å². The first-order valence-corrected chi connectivity index (χ1v) is 11.1. The molecule has 2 N–H and O–H groups in total. The van der Waals surface area contributed by atoms with Gasteiger partial charge in [0.25, 0.3) is 5.91 Å². The molecule has 3 nitrogen and oxygen atoms in total. The first-order valence-electron chi connectivity index (χ1n) is 8.56. The lowest BCUT2D eigenvalue weighted by Gasteiger charge is -2.54. The van der Waals surface area contributed by atoms with E-state index in [-0.39, 0.29) is 5.91 Å². The number of benzene rings is 1. The number of nitrogens with one attached hydrogen (secondary N) is 2. The van der Waals surface area contributed by atoms with Crippen LogP contribution in [0.25, 0.3) is 0 Å². The smallest absolute Gasteiger partial charge is 0.258 e. The van der Waals surface area contributed by atoms with Gasteiger partial charge in [0, 0.05) is 13.2 Å². The average molecular weight is 566 g/mol. The van der Waals surface area contributed by atoms with Crippen LogP contribution in [0.2, 0.25) is 0 Å². The molecule has 1 amide bonds. The Morgan fingerprint density at radius 2 is 1.67 bits per heavy atom. The van der Waals surface area contributed by atoms with Gasteiger partial charge in [-0.05, 0) is 131 Å². The van der Waals surface area contributed by atoms with Crippen LogP contribution in [0.15, 0.2) is 18.2 Å².